The minimum atomic E-state index is -1.22. The summed E-state index contributed by atoms with van der Waals surface area (Å²) in [6.07, 6.45) is -0.875. The van der Waals surface area contributed by atoms with E-state index in [-0.39, 0.29) is 30.9 Å². The number of alkyl carbamates (subject to hydrolysis) is 1. The fourth-order valence-electron chi connectivity index (χ4n) is 4.12. The van der Waals surface area contributed by atoms with Gasteiger partial charge in [-0.25, -0.2) is 9.59 Å². The van der Waals surface area contributed by atoms with E-state index in [0.29, 0.717) is 11.1 Å². The Labute approximate surface area is 259 Å². The third kappa shape index (κ3) is 13.8. The molecule has 0 saturated carbocycles. The number of benzene rings is 2. The average Bonchev–Trinajstić information content (AvgIpc) is 2.99. The zero-order chi connectivity index (χ0) is 33.4. The van der Waals surface area contributed by atoms with Crippen LogP contribution in [0.5, 0.6) is 5.75 Å². The summed E-state index contributed by atoms with van der Waals surface area (Å²) >= 11 is 0. The van der Waals surface area contributed by atoms with Gasteiger partial charge in [-0.3, -0.25) is 19.2 Å². The van der Waals surface area contributed by atoms with Crippen LogP contribution in [0, 0.1) is 5.92 Å². The van der Waals surface area contributed by atoms with E-state index in [4.69, 9.17) is 5.11 Å². The van der Waals surface area contributed by atoms with Crippen LogP contribution >= 0.6 is 0 Å². The van der Waals surface area contributed by atoms with Crippen molar-refractivity contribution in [1.29, 1.82) is 0 Å². The lowest BCUT2D eigenvalue weighted by atomic mass is 10.0. The second kappa shape index (κ2) is 18.5. The van der Waals surface area contributed by atoms with Crippen LogP contribution in [0.3, 0.4) is 0 Å². The van der Waals surface area contributed by atoms with E-state index in [0.717, 1.165) is 0 Å². The van der Waals surface area contributed by atoms with Gasteiger partial charge in [0, 0.05) is 12.8 Å². The fourth-order valence-corrected chi connectivity index (χ4v) is 4.12. The van der Waals surface area contributed by atoms with E-state index in [2.05, 4.69) is 31.3 Å². The van der Waals surface area contributed by atoms with Gasteiger partial charge in [0.1, 0.15) is 23.9 Å². The van der Waals surface area contributed by atoms with E-state index >= 15 is 0 Å². The van der Waals surface area contributed by atoms with Crippen molar-refractivity contribution < 1.29 is 48.8 Å². The molecule has 0 saturated heterocycles. The molecule has 0 spiro atoms. The second-order valence-corrected chi connectivity index (χ2v) is 10.5. The Balaban J connectivity index is 1.97. The van der Waals surface area contributed by atoms with Crippen molar-refractivity contribution >= 4 is 35.7 Å². The Morgan fingerprint density at radius 3 is 1.87 bits per heavy atom. The summed E-state index contributed by atoms with van der Waals surface area (Å²) in [6.45, 7) is 1.58. The number of phenols is 1. The quantitative estimate of drug-likeness (QED) is 0.105. The number of carbonyl (C=O) groups is 6. The van der Waals surface area contributed by atoms with Crippen molar-refractivity contribution in [3.63, 3.8) is 0 Å². The number of amides is 5. The standard InChI is InChI=1S/C30H39N5O10/c1-18(2)12-24(29(42)43)34-28(41)23(13-19-6-4-3-5-7-19)33-26(39)16-31-25(38)15-32-27(40)22(35-30(44)45-17-36)14-20-8-10-21(37)11-9-20/h3-11,18,22-24,36-37H,12-17H2,1-2H3,(H,31,38)(H,32,40)(H,33,39)(H,34,41)(H,35,44)(H,42,43)/t22-,23-,24-/m0/s1. The Kier molecular flexibility index (Phi) is 14.8. The summed E-state index contributed by atoms with van der Waals surface area (Å²) in [4.78, 5) is 74.4. The van der Waals surface area contributed by atoms with Crippen molar-refractivity contribution in [2.75, 3.05) is 19.9 Å². The summed E-state index contributed by atoms with van der Waals surface area (Å²) in [6, 6.07) is 11.1. The third-order valence-corrected chi connectivity index (χ3v) is 6.31. The summed E-state index contributed by atoms with van der Waals surface area (Å²) in [7, 11) is 0. The highest BCUT2D eigenvalue weighted by Crippen LogP contribution is 2.12. The normalized spacial score (nSPS) is 12.6. The van der Waals surface area contributed by atoms with Crippen LogP contribution in [-0.4, -0.2) is 89.0 Å². The molecule has 0 aliphatic carbocycles. The molecule has 0 fully saturated rings. The average molecular weight is 630 g/mol. The van der Waals surface area contributed by atoms with Crippen LogP contribution in [0.4, 0.5) is 4.79 Å². The first kappa shape index (κ1) is 36.0. The zero-order valence-corrected chi connectivity index (χ0v) is 24.9. The number of rotatable bonds is 17. The number of aliphatic hydroxyl groups excluding tert-OH is 1. The number of carboxylic acids is 1. The van der Waals surface area contributed by atoms with Gasteiger partial charge in [0.2, 0.25) is 23.6 Å². The molecule has 0 bridgehead atoms. The molecule has 15 heteroatoms. The van der Waals surface area contributed by atoms with Crippen molar-refractivity contribution in [3.8, 4) is 5.75 Å². The van der Waals surface area contributed by atoms with Gasteiger partial charge in [-0.1, -0.05) is 56.3 Å². The Morgan fingerprint density at radius 2 is 1.29 bits per heavy atom. The van der Waals surface area contributed by atoms with Gasteiger partial charge < -0.3 is 46.6 Å². The van der Waals surface area contributed by atoms with Gasteiger partial charge in [-0.2, -0.15) is 0 Å². The van der Waals surface area contributed by atoms with Crippen LogP contribution in [0.2, 0.25) is 0 Å². The summed E-state index contributed by atoms with van der Waals surface area (Å²) in [5.41, 5.74) is 1.27. The molecule has 0 aliphatic rings. The second-order valence-electron chi connectivity index (χ2n) is 10.5. The lowest BCUT2D eigenvalue weighted by Gasteiger charge is -2.22. The van der Waals surface area contributed by atoms with E-state index in [1.807, 2.05) is 13.8 Å². The highest BCUT2D eigenvalue weighted by molar-refractivity contribution is 5.93. The SMILES string of the molecule is CC(C)C[C@H](NC(=O)[C@H](Cc1ccccc1)NC(=O)CNC(=O)CNC(=O)[C@H](Cc1ccc(O)cc1)NC(=O)OCO)C(=O)O. The van der Waals surface area contributed by atoms with Crippen molar-refractivity contribution in [2.45, 2.75) is 51.2 Å². The molecule has 2 rings (SSSR count). The Morgan fingerprint density at radius 1 is 0.711 bits per heavy atom. The molecule has 2 aromatic carbocycles. The highest BCUT2D eigenvalue weighted by atomic mass is 16.6. The van der Waals surface area contributed by atoms with Gasteiger partial charge in [0.05, 0.1) is 13.1 Å². The molecular formula is C30H39N5O10. The summed E-state index contributed by atoms with van der Waals surface area (Å²) in [5.74, 6) is -4.20. The first-order valence-corrected chi connectivity index (χ1v) is 14.1. The smallest absolute Gasteiger partial charge is 0.409 e. The van der Waals surface area contributed by atoms with Crippen LogP contribution in [0.15, 0.2) is 54.6 Å². The number of aliphatic carboxylic acids is 1. The number of aliphatic hydroxyl groups is 1. The number of hydrogen-bond acceptors (Lipinski definition) is 9. The maximum atomic E-state index is 13.0. The molecule has 0 unspecified atom stereocenters. The monoisotopic (exact) mass is 629 g/mol. The number of nitrogens with one attached hydrogen (secondary N) is 5. The predicted octanol–water partition coefficient (Wildman–Crippen LogP) is -0.445. The minimum Gasteiger partial charge on any atom is -0.508 e. The number of carbonyl (C=O) groups excluding carboxylic acids is 5. The van der Waals surface area contributed by atoms with Crippen LogP contribution < -0.4 is 26.6 Å². The van der Waals surface area contributed by atoms with Gasteiger partial charge in [0.25, 0.3) is 0 Å². The maximum Gasteiger partial charge on any atom is 0.409 e. The Bertz CT molecular complexity index is 1300. The molecule has 0 aliphatic heterocycles. The summed E-state index contributed by atoms with van der Waals surface area (Å²) in [5, 5.41) is 39.7. The number of phenolic OH excluding ortho intramolecular Hbond substituents is 1. The van der Waals surface area contributed by atoms with Crippen molar-refractivity contribution in [1.82, 2.24) is 26.6 Å². The first-order chi connectivity index (χ1) is 21.4. The van der Waals surface area contributed by atoms with Crippen molar-refractivity contribution in [3.05, 3.63) is 65.7 Å². The molecule has 8 N–H and O–H groups in total. The molecule has 244 valence electrons. The molecule has 0 radical (unpaired) electrons. The van der Waals surface area contributed by atoms with Gasteiger partial charge in [-0.05, 0) is 35.6 Å². The topological polar surface area (TPSA) is 232 Å². The predicted molar refractivity (Wildman–Crippen MR) is 159 cm³/mol. The summed E-state index contributed by atoms with van der Waals surface area (Å²) < 4.78 is 4.41. The third-order valence-electron chi connectivity index (χ3n) is 6.31. The molecule has 0 heterocycles. The molecule has 45 heavy (non-hydrogen) atoms. The van der Waals surface area contributed by atoms with Gasteiger partial charge in [-0.15, -0.1) is 0 Å². The number of hydrogen-bond donors (Lipinski definition) is 8. The van der Waals surface area contributed by atoms with Crippen LogP contribution in [-0.2, 0) is 41.6 Å². The van der Waals surface area contributed by atoms with E-state index in [9.17, 15) is 39.0 Å². The number of carboxylic acid groups (broad SMARTS) is 1. The number of aromatic hydroxyl groups is 1. The molecule has 15 nitrogen and oxygen atoms in total. The van der Waals surface area contributed by atoms with Crippen molar-refractivity contribution in [2.24, 2.45) is 5.92 Å². The number of ether oxygens (including phenoxy) is 1. The zero-order valence-electron chi connectivity index (χ0n) is 24.9. The lowest BCUT2D eigenvalue weighted by Crippen LogP contribution is -2.54. The lowest BCUT2D eigenvalue weighted by molar-refractivity contribution is -0.142. The molecule has 2 aromatic rings. The van der Waals surface area contributed by atoms with E-state index < -0.39 is 73.7 Å². The molecule has 0 aromatic heterocycles. The maximum absolute atomic E-state index is 13.0. The highest BCUT2D eigenvalue weighted by Gasteiger charge is 2.28. The first-order valence-electron chi connectivity index (χ1n) is 14.1. The largest absolute Gasteiger partial charge is 0.508 e. The molecule has 3 atom stereocenters. The van der Waals surface area contributed by atoms with Gasteiger partial charge >= 0.3 is 12.1 Å². The van der Waals surface area contributed by atoms with E-state index in [1.165, 1.54) is 24.3 Å². The fraction of sp³-hybridized carbons (Fsp3) is 0.400. The minimum absolute atomic E-state index is 0.00398. The van der Waals surface area contributed by atoms with E-state index in [1.54, 1.807) is 30.3 Å². The Hall–Kier alpha value is -5.18. The van der Waals surface area contributed by atoms with Gasteiger partial charge in [0.15, 0.2) is 6.79 Å². The molecular weight excluding hydrogens is 590 g/mol. The van der Waals surface area contributed by atoms with Crippen LogP contribution in [0.25, 0.3) is 0 Å². The molecule has 5 amide bonds. The van der Waals surface area contributed by atoms with Crippen LogP contribution in [0.1, 0.15) is 31.4 Å².